The Kier molecular flexibility index (Phi) is 9.01. The summed E-state index contributed by atoms with van der Waals surface area (Å²) in [4.78, 5) is 80.3. The maximum absolute atomic E-state index is 13.1. The van der Waals surface area contributed by atoms with E-state index in [1.807, 2.05) is 0 Å². The van der Waals surface area contributed by atoms with E-state index in [2.05, 4.69) is 33.5 Å². The monoisotopic (exact) mass is 640 g/mol. The van der Waals surface area contributed by atoms with Crippen LogP contribution in [0.3, 0.4) is 0 Å². The Morgan fingerprint density at radius 3 is 2.51 bits per heavy atom. The molecule has 0 saturated carbocycles. The number of nitrogen functional groups attached to an aromatic ring is 1. The molecule has 224 valence electrons. The van der Waals surface area contributed by atoms with Gasteiger partial charge in [-0.05, 0) is 12.3 Å². The summed E-state index contributed by atoms with van der Waals surface area (Å²) in [5.41, 5.74) is 10.8. The Morgan fingerprint density at radius 2 is 1.83 bits per heavy atom. The molecule has 0 aliphatic carbocycles. The molecule has 9 N–H and O–H groups in total. The van der Waals surface area contributed by atoms with Gasteiger partial charge in [-0.3, -0.25) is 28.6 Å². The van der Waals surface area contributed by atoms with E-state index in [4.69, 9.17) is 30.5 Å². The van der Waals surface area contributed by atoms with Crippen LogP contribution in [0.15, 0.2) is 23.5 Å². The number of Topliss-reactive ketones (excluding diaryl/α,β-unsaturated/α-hetero) is 1. The predicted molar refractivity (Wildman–Crippen MR) is 133 cm³/mol. The van der Waals surface area contributed by atoms with Gasteiger partial charge in [0.1, 0.15) is 11.9 Å². The van der Waals surface area contributed by atoms with E-state index in [0.29, 0.717) is 0 Å². The molecule has 0 aromatic carbocycles. The molecule has 0 spiro atoms. The molecule has 5 atom stereocenters. The SMILES string of the molecule is NCc1nccnc1C(=O)C[C@@H]1C[C@H](n2cnc3c(=O)[nH]c(N)nc32)OC1COP(=O)(O)OP(=O)(O)OP(=O)(O)O. The number of ketones is 1. The fourth-order valence-corrected chi connectivity index (χ4v) is 7.09. The molecule has 0 radical (unpaired) electrons. The molecule has 21 nitrogen and oxygen atoms in total. The van der Waals surface area contributed by atoms with Crippen LogP contribution >= 0.6 is 23.5 Å². The molecule has 4 heterocycles. The molecule has 1 fully saturated rings. The molecule has 0 bridgehead atoms. The number of hydrogen-bond donors (Lipinski definition) is 7. The molecule has 0 amide bonds. The summed E-state index contributed by atoms with van der Waals surface area (Å²) in [5, 5.41) is 0. The van der Waals surface area contributed by atoms with Crippen LogP contribution in [0, 0.1) is 5.92 Å². The minimum Gasteiger partial charge on any atom is -0.369 e. The maximum Gasteiger partial charge on any atom is 0.490 e. The molecular formula is C17H23N8O13P3. The van der Waals surface area contributed by atoms with E-state index >= 15 is 0 Å². The Bertz CT molecular complexity index is 1660. The first-order valence-electron chi connectivity index (χ1n) is 11.3. The number of carbonyl (C=O) groups excluding carboxylic acids is 1. The fraction of sp³-hybridized carbons (Fsp3) is 0.412. The first kappa shape index (κ1) is 31.2. The lowest BCUT2D eigenvalue weighted by Crippen LogP contribution is -2.25. The minimum absolute atomic E-state index is 0.0147. The highest BCUT2D eigenvalue weighted by atomic mass is 31.3. The van der Waals surface area contributed by atoms with Crippen LogP contribution in [0.5, 0.6) is 0 Å². The molecule has 3 aromatic rings. The highest BCUT2D eigenvalue weighted by molar-refractivity contribution is 7.66. The molecule has 4 rings (SSSR count). The maximum atomic E-state index is 13.1. The second kappa shape index (κ2) is 11.8. The molecule has 1 aliphatic heterocycles. The van der Waals surface area contributed by atoms with E-state index in [-0.39, 0.29) is 47.9 Å². The summed E-state index contributed by atoms with van der Waals surface area (Å²) < 4.78 is 54.2. The molecule has 24 heteroatoms. The smallest absolute Gasteiger partial charge is 0.369 e. The topological polar surface area (TPSA) is 328 Å². The van der Waals surface area contributed by atoms with Crippen molar-refractivity contribution in [3.8, 4) is 0 Å². The van der Waals surface area contributed by atoms with Gasteiger partial charge in [0, 0.05) is 25.4 Å². The van der Waals surface area contributed by atoms with Gasteiger partial charge in [-0.1, -0.05) is 0 Å². The normalized spacial score (nSPS) is 22.4. The zero-order valence-corrected chi connectivity index (χ0v) is 23.2. The molecule has 41 heavy (non-hydrogen) atoms. The Morgan fingerprint density at radius 1 is 1.12 bits per heavy atom. The van der Waals surface area contributed by atoms with E-state index < -0.39 is 59.7 Å². The number of nitrogens with two attached hydrogens (primary N) is 2. The number of aromatic amines is 1. The number of H-pyrrole nitrogens is 1. The number of anilines is 1. The van der Waals surface area contributed by atoms with Gasteiger partial charge < -0.3 is 35.8 Å². The zero-order valence-electron chi connectivity index (χ0n) is 20.5. The van der Waals surface area contributed by atoms with Gasteiger partial charge in [0.15, 0.2) is 16.9 Å². The molecule has 1 aliphatic rings. The van der Waals surface area contributed by atoms with Crippen LogP contribution in [0.1, 0.15) is 35.3 Å². The van der Waals surface area contributed by atoms with E-state index in [9.17, 15) is 33.1 Å². The van der Waals surface area contributed by atoms with Crippen molar-refractivity contribution in [3.63, 3.8) is 0 Å². The van der Waals surface area contributed by atoms with Crippen molar-refractivity contribution in [1.29, 1.82) is 0 Å². The van der Waals surface area contributed by atoms with E-state index in [1.165, 1.54) is 23.3 Å². The third-order valence-electron chi connectivity index (χ3n) is 5.62. The van der Waals surface area contributed by atoms with Crippen molar-refractivity contribution in [2.75, 3.05) is 12.3 Å². The summed E-state index contributed by atoms with van der Waals surface area (Å²) in [6.45, 7) is -0.915. The number of fused-ring (bicyclic) bond motifs is 1. The molecule has 3 aromatic heterocycles. The van der Waals surface area contributed by atoms with Gasteiger partial charge in [-0.15, -0.1) is 0 Å². The number of ether oxygens (including phenoxy) is 1. The lowest BCUT2D eigenvalue weighted by Gasteiger charge is -2.21. The van der Waals surface area contributed by atoms with Gasteiger partial charge in [-0.25, -0.2) is 23.7 Å². The summed E-state index contributed by atoms with van der Waals surface area (Å²) in [7, 11) is -16.8. The Labute approximate surface area is 228 Å². The fourth-order valence-electron chi connectivity index (χ4n) is 4.06. The number of rotatable bonds is 12. The van der Waals surface area contributed by atoms with Crippen molar-refractivity contribution in [2.24, 2.45) is 11.7 Å². The van der Waals surface area contributed by atoms with Crippen molar-refractivity contribution in [1.82, 2.24) is 29.5 Å². The van der Waals surface area contributed by atoms with Crippen molar-refractivity contribution in [2.45, 2.75) is 31.7 Å². The van der Waals surface area contributed by atoms with Crippen LogP contribution in [0.4, 0.5) is 5.95 Å². The van der Waals surface area contributed by atoms with Gasteiger partial charge in [0.25, 0.3) is 5.56 Å². The number of nitrogens with zero attached hydrogens (tertiary/aromatic N) is 5. The second-order valence-corrected chi connectivity index (χ2v) is 12.9. The largest absolute Gasteiger partial charge is 0.490 e. The number of hydrogen-bond acceptors (Lipinski definition) is 15. The van der Waals surface area contributed by atoms with Crippen LogP contribution in [0.2, 0.25) is 0 Å². The number of nitrogens with one attached hydrogen (secondary N) is 1. The second-order valence-electron chi connectivity index (χ2n) is 8.47. The Balaban J connectivity index is 1.58. The first-order valence-corrected chi connectivity index (χ1v) is 15.8. The van der Waals surface area contributed by atoms with Gasteiger partial charge >= 0.3 is 23.5 Å². The third kappa shape index (κ3) is 7.75. The summed E-state index contributed by atoms with van der Waals surface area (Å²) in [6.07, 6.45) is 1.50. The van der Waals surface area contributed by atoms with Crippen LogP contribution in [-0.4, -0.2) is 67.6 Å². The number of aromatic nitrogens is 6. The first-order chi connectivity index (χ1) is 19.1. The molecule has 1 saturated heterocycles. The van der Waals surface area contributed by atoms with Crippen LogP contribution < -0.4 is 17.0 Å². The third-order valence-corrected chi connectivity index (χ3v) is 9.42. The van der Waals surface area contributed by atoms with Gasteiger partial charge in [0.05, 0.1) is 24.7 Å². The number of carbonyl (C=O) groups is 1. The van der Waals surface area contributed by atoms with E-state index in [0.717, 1.165) is 0 Å². The number of imidazole rings is 1. The highest BCUT2D eigenvalue weighted by Crippen LogP contribution is 2.66. The van der Waals surface area contributed by atoms with Crippen molar-refractivity contribution in [3.05, 3.63) is 40.5 Å². The highest BCUT2D eigenvalue weighted by Gasteiger charge is 2.44. The summed E-state index contributed by atoms with van der Waals surface area (Å²) in [5.74, 6) is -1.50. The zero-order chi connectivity index (χ0) is 30.2. The standard InChI is InChI=1S/C17H23N8O13P3/c18-5-9-13(21-2-1-20-9)10(26)3-8-4-12(25-7-22-14-15(25)23-17(19)24-16(14)27)36-11(8)6-35-40(31,32)38-41(33,34)37-39(28,29)30/h1-2,7-8,11-12H,3-6,18H2,(H,31,32)(H,33,34)(H2,28,29,30)(H3,19,23,24,27)/t8-,11?,12-/m1/s1. The minimum atomic E-state index is -5.76. The molecule has 3 unspecified atom stereocenters. The lowest BCUT2D eigenvalue weighted by molar-refractivity contribution is -0.0287. The van der Waals surface area contributed by atoms with Crippen LogP contribution in [-0.2, 0) is 38.1 Å². The van der Waals surface area contributed by atoms with Crippen molar-refractivity contribution < 1.29 is 55.9 Å². The summed E-state index contributed by atoms with van der Waals surface area (Å²) in [6, 6.07) is 0. The molecular weight excluding hydrogens is 617 g/mol. The Hall–Kier alpha value is -2.77. The van der Waals surface area contributed by atoms with Gasteiger partial charge in [-0.2, -0.15) is 13.6 Å². The predicted octanol–water partition coefficient (Wildman–Crippen LogP) is -0.530. The van der Waals surface area contributed by atoms with Crippen LogP contribution in [0.25, 0.3) is 11.2 Å². The van der Waals surface area contributed by atoms with Gasteiger partial charge in [0.2, 0.25) is 5.95 Å². The average molecular weight is 640 g/mol. The lowest BCUT2D eigenvalue weighted by atomic mass is 9.93. The number of phosphoric acid groups is 3. The quantitative estimate of drug-likeness (QED) is 0.0966. The number of phosphoric ester groups is 1. The summed E-state index contributed by atoms with van der Waals surface area (Å²) >= 11 is 0. The van der Waals surface area contributed by atoms with E-state index in [1.54, 1.807) is 0 Å². The van der Waals surface area contributed by atoms with Crippen molar-refractivity contribution >= 4 is 46.4 Å². The average Bonchev–Trinajstić information content (AvgIpc) is 3.44.